The van der Waals surface area contributed by atoms with Crippen molar-refractivity contribution in [1.82, 2.24) is 15.5 Å². The quantitative estimate of drug-likeness (QED) is 0.641. The number of nitrogens with zero attached hydrogens (tertiary/aromatic N) is 1. The van der Waals surface area contributed by atoms with Crippen molar-refractivity contribution in [3.05, 3.63) is 0 Å². The molecule has 5 nitrogen and oxygen atoms in total. The monoisotopic (exact) mass is 283 g/mol. The first-order valence-electron chi connectivity index (χ1n) is 8.12. The summed E-state index contributed by atoms with van der Waals surface area (Å²) in [5, 5.41) is 6.47. The maximum atomic E-state index is 12.2. The van der Waals surface area contributed by atoms with Crippen LogP contribution in [-0.2, 0) is 9.53 Å². The molecule has 2 N–H and O–H groups in total. The van der Waals surface area contributed by atoms with Gasteiger partial charge in [-0.05, 0) is 51.9 Å². The van der Waals surface area contributed by atoms with E-state index in [1.54, 1.807) is 0 Å². The minimum Gasteiger partial charge on any atom is -0.379 e. The third-order valence-corrected chi connectivity index (χ3v) is 4.22. The highest BCUT2D eigenvalue weighted by Crippen LogP contribution is 2.14. The summed E-state index contributed by atoms with van der Waals surface area (Å²) in [5.74, 6) is 0.130. The third-order valence-electron chi connectivity index (χ3n) is 4.22. The molecule has 0 aromatic heterocycles. The average molecular weight is 283 g/mol. The molecule has 2 rings (SSSR count). The van der Waals surface area contributed by atoms with Crippen LogP contribution in [0.4, 0.5) is 0 Å². The second kappa shape index (κ2) is 8.60. The van der Waals surface area contributed by atoms with Crippen LogP contribution in [0.1, 0.15) is 32.6 Å². The van der Waals surface area contributed by atoms with Gasteiger partial charge in [-0.25, -0.2) is 0 Å². The van der Waals surface area contributed by atoms with Crippen molar-refractivity contribution in [2.75, 3.05) is 45.9 Å². The molecule has 5 heteroatoms. The molecule has 2 saturated heterocycles. The molecule has 0 radical (unpaired) electrons. The molecule has 0 bridgehead atoms. The Morgan fingerprint density at radius 2 is 2.05 bits per heavy atom. The predicted molar refractivity (Wildman–Crippen MR) is 79.7 cm³/mol. The Morgan fingerprint density at radius 3 is 2.80 bits per heavy atom. The van der Waals surface area contributed by atoms with E-state index in [0.29, 0.717) is 13.2 Å². The van der Waals surface area contributed by atoms with Gasteiger partial charge >= 0.3 is 0 Å². The van der Waals surface area contributed by atoms with E-state index < -0.39 is 0 Å². The van der Waals surface area contributed by atoms with Gasteiger partial charge in [0, 0.05) is 12.6 Å². The van der Waals surface area contributed by atoms with Gasteiger partial charge in [-0.15, -0.1) is 0 Å². The molecule has 20 heavy (non-hydrogen) atoms. The van der Waals surface area contributed by atoms with Crippen molar-refractivity contribution < 1.29 is 9.53 Å². The number of hydrogen-bond acceptors (Lipinski definition) is 4. The summed E-state index contributed by atoms with van der Waals surface area (Å²) >= 11 is 0. The van der Waals surface area contributed by atoms with Crippen LogP contribution in [0.2, 0.25) is 0 Å². The molecule has 2 fully saturated rings. The van der Waals surface area contributed by atoms with Crippen LogP contribution in [0.5, 0.6) is 0 Å². The first-order chi connectivity index (χ1) is 9.81. The van der Waals surface area contributed by atoms with E-state index in [1.165, 1.54) is 25.9 Å². The van der Waals surface area contributed by atoms with Crippen molar-refractivity contribution in [3.8, 4) is 0 Å². The normalized spacial score (nSPS) is 27.1. The molecule has 2 aliphatic rings. The smallest absolute Gasteiger partial charge is 0.227 e. The van der Waals surface area contributed by atoms with Gasteiger partial charge in [0.25, 0.3) is 0 Å². The van der Waals surface area contributed by atoms with Crippen molar-refractivity contribution in [3.63, 3.8) is 0 Å². The van der Waals surface area contributed by atoms with Gasteiger partial charge in [-0.2, -0.15) is 0 Å². The lowest BCUT2D eigenvalue weighted by Crippen LogP contribution is -2.44. The minimum atomic E-state index is -0.0201. The number of likely N-dealkylation sites (tertiary alicyclic amines) is 1. The molecule has 1 amide bonds. The van der Waals surface area contributed by atoms with Crippen LogP contribution in [0.3, 0.4) is 0 Å². The topological polar surface area (TPSA) is 53.6 Å². The van der Waals surface area contributed by atoms with E-state index in [-0.39, 0.29) is 17.9 Å². The Kier molecular flexibility index (Phi) is 6.76. The Bertz CT molecular complexity index is 293. The highest BCUT2D eigenvalue weighted by molar-refractivity contribution is 5.79. The summed E-state index contributed by atoms with van der Waals surface area (Å²) in [6, 6.07) is 0.188. The average Bonchev–Trinajstić information content (AvgIpc) is 3.12. The number of amides is 1. The fourth-order valence-electron chi connectivity index (χ4n) is 3.00. The van der Waals surface area contributed by atoms with E-state index in [4.69, 9.17) is 4.74 Å². The molecule has 0 aromatic rings. The van der Waals surface area contributed by atoms with E-state index in [2.05, 4.69) is 22.5 Å². The molecule has 2 heterocycles. The number of ether oxygens (including phenoxy) is 1. The fourth-order valence-corrected chi connectivity index (χ4v) is 3.00. The molecule has 116 valence electrons. The Morgan fingerprint density at radius 1 is 1.25 bits per heavy atom. The fraction of sp³-hybridized carbons (Fsp3) is 0.933. The number of rotatable bonds is 8. The molecule has 0 spiro atoms. The lowest BCUT2D eigenvalue weighted by molar-refractivity contribution is -0.125. The van der Waals surface area contributed by atoms with Gasteiger partial charge in [0.05, 0.1) is 19.1 Å². The van der Waals surface area contributed by atoms with Crippen LogP contribution in [-0.4, -0.2) is 62.8 Å². The van der Waals surface area contributed by atoms with Crippen LogP contribution >= 0.6 is 0 Å². The SMILES string of the molecule is CCCNC1COCC1C(=O)NCCCN1CCCC1. The van der Waals surface area contributed by atoms with Gasteiger partial charge in [-0.3, -0.25) is 4.79 Å². The zero-order chi connectivity index (χ0) is 14.2. The summed E-state index contributed by atoms with van der Waals surface area (Å²) in [7, 11) is 0. The second-order valence-electron chi connectivity index (χ2n) is 5.90. The lowest BCUT2D eigenvalue weighted by Gasteiger charge is -2.19. The van der Waals surface area contributed by atoms with Crippen LogP contribution in [0.15, 0.2) is 0 Å². The van der Waals surface area contributed by atoms with Gasteiger partial charge in [-0.1, -0.05) is 6.92 Å². The van der Waals surface area contributed by atoms with E-state index >= 15 is 0 Å². The first-order valence-corrected chi connectivity index (χ1v) is 8.12. The van der Waals surface area contributed by atoms with E-state index in [0.717, 1.165) is 32.5 Å². The maximum absolute atomic E-state index is 12.2. The van der Waals surface area contributed by atoms with Crippen LogP contribution in [0.25, 0.3) is 0 Å². The zero-order valence-electron chi connectivity index (χ0n) is 12.7. The summed E-state index contributed by atoms with van der Waals surface area (Å²) in [4.78, 5) is 14.7. The Balaban J connectivity index is 1.60. The number of hydrogen-bond donors (Lipinski definition) is 2. The van der Waals surface area contributed by atoms with Gasteiger partial charge in [0.1, 0.15) is 0 Å². The van der Waals surface area contributed by atoms with E-state index in [1.807, 2.05) is 0 Å². The summed E-state index contributed by atoms with van der Waals surface area (Å²) in [6.45, 7) is 8.65. The number of carbonyl (C=O) groups excluding carboxylic acids is 1. The molecular formula is C15H29N3O2. The molecule has 0 saturated carbocycles. The lowest BCUT2D eigenvalue weighted by atomic mass is 10.0. The first kappa shape index (κ1) is 15.7. The standard InChI is InChI=1S/C15H29N3O2/c1-2-6-16-14-12-20-11-13(14)15(19)17-7-5-10-18-8-3-4-9-18/h13-14,16H,2-12H2,1H3,(H,17,19). The van der Waals surface area contributed by atoms with Crippen molar-refractivity contribution in [2.45, 2.75) is 38.6 Å². The molecule has 2 aliphatic heterocycles. The second-order valence-corrected chi connectivity index (χ2v) is 5.90. The Hall–Kier alpha value is -0.650. The molecule has 2 unspecified atom stereocenters. The summed E-state index contributed by atoms with van der Waals surface area (Å²) in [6.07, 6.45) is 4.79. The van der Waals surface area contributed by atoms with Gasteiger partial charge in [0.15, 0.2) is 0 Å². The highest BCUT2D eigenvalue weighted by Gasteiger charge is 2.33. The maximum Gasteiger partial charge on any atom is 0.227 e. The Labute approximate surface area is 122 Å². The predicted octanol–water partition coefficient (Wildman–Crippen LogP) is 0.603. The molecule has 2 atom stereocenters. The van der Waals surface area contributed by atoms with E-state index in [9.17, 15) is 4.79 Å². The van der Waals surface area contributed by atoms with Crippen molar-refractivity contribution >= 4 is 5.91 Å². The number of carbonyl (C=O) groups is 1. The minimum absolute atomic E-state index is 0.0201. The molecular weight excluding hydrogens is 254 g/mol. The molecule has 0 aromatic carbocycles. The van der Waals surface area contributed by atoms with Crippen LogP contribution < -0.4 is 10.6 Å². The summed E-state index contributed by atoms with van der Waals surface area (Å²) < 4.78 is 5.44. The van der Waals surface area contributed by atoms with Crippen molar-refractivity contribution in [2.24, 2.45) is 5.92 Å². The highest BCUT2D eigenvalue weighted by atomic mass is 16.5. The van der Waals surface area contributed by atoms with Crippen molar-refractivity contribution in [1.29, 1.82) is 0 Å². The third kappa shape index (κ3) is 4.72. The van der Waals surface area contributed by atoms with Gasteiger partial charge < -0.3 is 20.3 Å². The van der Waals surface area contributed by atoms with Crippen LogP contribution in [0, 0.1) is 5.92 Å². The van der Waals surface area contributed by atoms with Gasteiger partial charge in [0.2, 0.25) is 5.91 Å². The molecule has 0 aliphatic carbocycles. The number of nitrogens with one attached hydrogen (secondary N) is 2. The zero-order valence-corrected chi connectivity index (χ0v) is 12.7. The largest absolute Gasteiger partial charge is 0.379 e. The summed E-state index contributed by atoms with van der Waals surface area (Å²) in [5.41, 5.74) is 0.